The number of amides is 2. The molecule has 2 aromatic rings. The molecule has 4 heteroatoms. The molecule has 0 spiro atoms. The highest BCUT2D eigenvalue weighted by Gasteiger charge is 2.19. The van der Waals surface area contributed by atoms with E-state index in [2.05, 4.69) is 19.3 Å². The third-order valence-electron chi connectivity index (χ3n) is 4.68. The number of rotatable bonds is 6. The van der Waals surface area contributed by atoms with Crippen molar-refractivity contribution in [1.82, 2.24) is 10.4 Å². The Bertz CT molecular complexity index is 766. The Kier molecular flexibility index (Phi) is 6.96. The lowest BCUT2D eigenvalue weighted by atomic mass is 10.0. The minimum Gasteiger partial charge on any atom is -0.267 e. The molecule has 2 rings (SSSR count). The molecule has 138 valence electrons. The number of carbonyl (C=O) groups is 2. The second-order valence-electron chi connectivity index (χ2n) is 6.55. The molecule has 0 radical (unpaired) electrons. The van der Waals surface area contributed by atoms with Gasteiger partial charge in [0.25, 0.3) is 11.8 Å². The van der Waals surface area contributed by atoms with Crippen molar-refractivity contribution in [2.45, 2.75) is 47.0 Å². The lowest BCUT2D eigenvalue weighted by Gasteiger charge is -2.24. The Labute approximate surface area is 156 Å². The van der Waals surface area contributed by atoms with Crippen LogP contribution in [-0.2, 0) is 6.42 Å². The molecule has 0 heterocycles. The largest absolute Gasteiger partial charge is 0.272 e. The highest BCUT2D eigenvalue weighted by molar-refractivity contribution is 6.00. The molecule has 0 bridgehead atoms. The Hall–Kier alpha value is -2.62. The van der Waals surface area contributed by atoms with Crippen molar-refractivity contribution in [2.24, 2.45) is 0 Å². The van der Waals surface area contributed by atoms with Crippen LogP contribution in [-0.4, -0.2) is 23.4 Å². The number of hydrogen-bond donors (Lipinski definition) is 1. The lowest BCUT2D eigenvalue weighted by molar-refractivity contribution is 0.0580. The quantitative estimate of drug-likeness (QED) is 0.781. The summed E-state index contributed by atoms with van der Waals surface area (Å²) < 4.78 is 0. The summed E-state index contributed by atoms with van der Waals surface area (Å²) in [5, 5.41) is 1.44. The topological polar surface area (TPSA) is 49.4 Å². The van der Waals surface area contributed by atoms with E-state index in [4.69, 9.17) is 0 Å². The third-order valence-corrected chi connectivity index (χ3v) is 4.68. The average molecular weight is 352 g/mol. The first-order chi connectivity index (χ1) is 12.5. The summed E-state index contributed by atoms with van der Waals surface area (Å²) in [6.07, 6.45) is 2.70. The lowest BCUT2D eigenvalue weighted by Crippen LogP contribution is -2.46. The smallest absolute Gasteiger partial charge is 0.267 e. The number of nitrogens with one attached hydrogen (secondary N) is 1. The number of hydrogen-bond acceptors (Lipinski definition) is 2. The Morgan fingerprint density at radius 1 is 1.00 bits per heavy atom. The van der Waals surface area contributed by atoms with Crippen LogP contribution >= 0.6 is 0 Å². The maximum atomic E-state index is 12.9. The van der Waals surface area contributed by atoms with Crippen LogP contribution in [0.4, 0.5) is 0 Å². The second-order valence-corrected chi connectivity index (χ2v) is 6.55. The van der Waals surface area contributed by atoms with Crippen molar-refractivity contribution in [3.63, 3.8) is 0 Å². The maximum absolute atomic E-state index is 12.9. The molecule has 2 amide bonds. The Balaban J connectivity index is 2.21. The molecule has 0 saturated carbocycles. The summed E-state index contributed by atoms with van der Waals surface area (Å²) in [5.41, 5.74) is 7.16. The third kappa shape index (κ3) is 4.72. The normalized spacial score (nSPS) is 10.5. The molecular formula is C22H28N2O2. The van der Waals surface area contributed by atoms with Gasteiger partial charge in [-0.2, -0.15) is 0 Å². The minimum absolute atomic E-state index is 0.181. The fraction of sp³-hybridized carbons (Fsp3) is 0.364. The molecule has 0 aliphatic rings. The maximum Gasteiger partial charge on any atom is 0.272 e. The van der Waals surface area contributed by atoms with Crippen molar-refractivity contribution in [3.05, 3.63) is 70.3 Å². The first kappa shape index (κ1) is 19.7. The highest BCUT2D eigenvalue weighted by atomic mass is 16.2. The van der Waals surface area contributed by atoms with Crippen LogP contribution in [0.1, 0.15) is 64.1 Å². The van der Waals surface area contributed by atoms with Crippen LogP contribution < -0.4 is 5.43 Å². The Morgan fingerprint density at radius 3 is 2.31 bits per heavy atom. The van der Waals surface area contributed by atoms with Crippen molar-refractivity contribution < 1.29 is 9.59 Å². The zero-order valence-electron chi connectivity index (χ0n) is 16.1. The van der Waals surface area contributed by atoms with Crippen molar-refractivity contribution in [2.75, 3.05) is 6.54 Å². The molecule has 2 aromatic carbocycles. The van der Waals surface area contributed by atoms with Gasteiger partial charge in [-0.1, -0.05) is 44.5 Å². The molecule has 4 nitrogen and oxygen atoms in total. The van der Waals surface area contributed by atoms with Gasteiger partial charge in [-0.05, 0) is 61.6 Å². The molecule has 0 saturated heterocycles. The number of hydrazine groups is 1. The average Bonchev–Trinajstić information content (AvgIpc) is 2.66. The predicted molar refractivity (Wildman–Crippen MR) is 105 cm³/mol. The summed E-state index contributed by atoms with van der Waals surface area (Å²) in [6.45, 7) is 8.52. The first-order valence-electron chi connectivity index (χ1n) is 9.25. The second kappa shape index (κ2) is 9.18. The van der Waals surface area contributed by atoms with Gasteiger partial charge in [-0.15, -0.1) is 0 Å². The van der Waals surface area contributed by atoms with E-state index in [-0.39, 0.29) is 11.8 Å². The molecule has 0 aromatic heterocycles. The van der Waals surface area contributed by atoms with Crippen LogP contribution in [0.2, 0.25) is 0 Å². The van der Waals surface area contributed by atoms with Crippen molar-refractivity contribution >= 4 is 11.8 Å². The van der Waals surface area contributed by atoms with Gasteiger partial charge < -0.3 is 0 Å². The fourth-order valence-electron chi connectivity index (χ4n) is 2.74. The zero-order chi connectivity index (χ0) is 19.1. The molecular weight excluding hydrogens is 324 g/mol. The van der Waals surface area contributed by atoms with Crippen molar-refractivity contribution in [1.29, 1.82) is 0 Å². The van der Waals surface area contributed by atoms with Gasteiger partial charge in [0.2, 0.25) is 0 Å². The van der Waals surface area contributed by atoms with Crippen LogP contribution in [0.25, 0.3) is 0 Å². The first-order valence-corrected chi connectivity index (χ1v) is 9.25. The summed E-state index contributed by atoms with van der Waals surface area (Å²) in [6, 6.07) is 13.2. The van der Waals surface area contributed by atoms with Crippen LogP contribution in [0, 0.1) is 13.8 Å². The number of benzene rings is 2. The minimum atomic E-state index is -0.249. The fourth-order valence-corrected chi connectivity index (χ4v) is 2.74. The molecule has 0 aliphatic heterocycles. The van der Waals surface area contributed by atoms with Gasteiger partial charge in [0, 0.05) is 17.7 Å². The molecule has 26 heavy (non-hydrogen) atoms. The molecule has 0 fully saturated rings. The van der Waals surface area contributed by atoms with E-state index in [1.165, 1.54) is 10.6 Å². The summed E-state index contributed by atoms with van der Waals surface area (Å²) in [5.74, 6) is -0.430. The van der Waals surface area contributed by atoms with E-state index in [1.807, 2.05) is 50.2 Å². The molecule has 0 unspecified atom stereocenters. The van der Waals surface area contributed by atoms with Gasteiger partial charge >= 0.3 is 0 Å². The number of nitrogens with zero attached hydrogens (tertiary/aromatic N) is 1. The van der Waals surface area contributed by atoms with E-state index < -0.39 is 0 Å². The van der Waals surface area contributed by atoms with E-state index in [9.17, 15) is 9.59 Å². The van der Waals surface area contributed by atoms with Gasteiger partial charge in [0.1, 0.15) is 0 Å². The summed E-state index contributed by atoms with van der Waals surface area (Å²) >= 11 is 0. The zero-order valence-corrected chi connectivity index (χ0v) is 16.1. The van der Waals surface area contributed by atoms with Gasteiger partial charge in [0.15, 0.2) is 0 Å². The number of aryl methyl sites for hydroxylation is 2. The SMILES string of the molecule is CCCCN(NC(=O)c1cccc(C)c1C)C(=O)c1ccc(CC)cc1. The standard InChI is InChI=1S/C22H28N2O2/c1-5-7-15-24(22(26)19-13-11-18(6-2)12-14-19)23-21(25)20-10-8-9-16(3)17(20)4/h8-14H,5-7,15H2,1-4H3,(H,23,25). The summed E-state index contributed by atoms with van der Waals surface area (Å²) in [4.78, 5) is 25.6. The van der Waals surface area contributed by atoms with Crippen LogP contribution in [0.5, 0.6) is 0 Å². The van der Waals surface area contributed by atoms with Gasteiger partial charge in [0.05, 0.1) is 0 Å². The monoisotopic (exact) mass is 352 g/mol. The molecule has 0 atom stereocenters. The van der Waals surface area contributed by atoms with Crippen molar-refractivity contribution in [3.8, 4) is 0 Å². The van der Waals surface area contributed by atoms with E-state index in [0.717, 1.165) is 30.4 Å². The summed E-state index contributed by atoms with van der Waals surface area (Å²) in [7, 11) is 0. The molecule has 1 N–H and O–H groups in total. The number of unbranched alkanes of at least 4 members (excludes halogenated alkanes) is 1. The van der Waals surface area contributed by atoms with Crippen LogP contribution in [0.3, 0.4) is 0 Å². The number of carbonyl (C=O) groups excluding carboxylic acids is 2. The molecule has 0 aliphatic carbocycles. The van der Waals surface area contributed by atoms with E-state index in [0.29, 0.717) is 17.7 Å². The van der Waals surface area contributed by atoms with E-state index >= 15 is 0 Å². The van der Waals surface area contributed by atoms with Gasteiger partial charge in [-0.3, -0.25) is 15.0 Å². The Morgan fingerprint density at radius 2 is 1.69 bits per heavy atom. The highest BCUT2D eigenvalue weighted by Crippen LogP contribution is 2.14. The van der Waals surface area contributed by atoms with Crippen LogP contribution in [0.15, 0.2) is 42.5 Å². The van der Waals surface area contributed by atoms with E-state index in [1.54, 1.807) is 6.07 Å². The van der Waals surface area contributed by atoms with Gasteiger partial charge in [-0.25, -0.2) is 5.01 Å². The predicted octanol–water partition coefficient (Wildman–Crippen LogP) is 4.45.